The Hall–Kier alpha value is -3.68. The molecule has 178 valence electrons. The molecule has 2 saturated heterocycles. The highest BCUT2D eigenvalue weighted by atomic mass is 35.5. The summed E-state index contributed by atoms with van der Waals surface area (Å²) in [7, 11) is 2.11. The van der Waals surface area contributed by atoms with Gasteiger partial charge in [-0.3, -0.25) is 19.5 Å². The monoisotopic (exact) mass is 488 g/mol. The van der Waals surface area contributed by atoms with Gasteiger partial charge in [0.15, 0.2) is 0 Å². The third-order valence-corrected chi connectivity index (χ3v) is 6.77. The molecule has 2 aliphatic rings. The van der Waals surface area contributed by atoms with Crippen molar-refractivity contribution in [2.45, 2.75) is 6.04 Å². The lowest BCUT2D eigenvalue weighted by molar-refractivity contribution is -0.132. The van der Waals surface area contributed by atoms with Gasteiger partial charge in [0.05, 0.1) is 11.6 Å². The van der Waals surface area contributed by atoms with Crippen LogP contribution < -0.4 is 9.80 Å². The highest BCUT2D eigenvalue weighted by Gasteiger charge is 2.47. The van der Waals surface area contributed by atoms with Crippen molar-refractivity contribution >= 4 is 40.4 Å². The second-order valence-electron chi connectivity index (χ2n) is 8.77. The highest BCUT2D eigenvalue weighted by molar-refractivity contribution is 6.51. The normalized spacial score (nSPS) is 20.5. The molecule has 0 bridgehead atoms. The molecular formula is C27H25ClN4O3. The Bertz CT molecular complexity index is 1290. The molecule has 3 aromatic rings. The van der Waals surface area contributed by atoms with Crippen LogP contribution in [0.4, 0.5) is 11.4 Å². The van der Waals surface area contributed by atoms with Gasteiger partial charge in [-0.1, -0.05) is 29.8 Å². The number of halogens is 1. The van der Waals surface area contributed by atoms with Gasteiger partial charge in [0.25, 0.3) is 11.7 Å². The highest BCUT2D eigenvalue weighted by Crippen LogP contribution is 2.42. The van der Waals surface area contributed by atoms with Gasteiger partial charge in [0.1, 0.15) is 5.76 Å². The lowest BCUT2D eigenvalue weighted by Crippen LogP contribution is -2.44. The topological polar surface area (TPSA) is 77.0 Å². The van der Waals surface area contributed by atoms with Crippen LogP contribution in [0.3, 0.4) is 0 Å². The van der Waals surface area contributed by atoms with Gasteiger partial charge in [0, 0.05) is 60.5 Å². The Morgan fingerprint density at radius 1 is 0.971 bits per heavy atom. The van der Waals surface area contributed by atoms with Crippen molar-refractivity contribution in [3.8, 4) is 0 Å². The average molecular weight is 489 g/mol. The molecule has 0 spiro atoms. The van der Waals surface area contributed by atoms with E-state index in [9.17, 15) is 14.7 Å². The molecule has 0 radical (unpaired) electrons. The van der Waals surface area contributed by atoms with Crippen molar-refractivity contribution in [2.24, 2.45) is 0 Å². The molecular weight excluding hydrogens is 464 g/mol. The molecule has 2 aromatic carbocycles. The zero-order valence-corrected chi connectivity index (χ0v) is 20.0. The summed E-state index contributed by atoms with van der Waals surface area (Å²) in [4.78, 5) is 36.7. The van der Waals surface area contributed by atoms with Crippen molar-refractivity contribution in [2.75, 3.05) is 43.0 Å². The third-order valence-electron chi connectivity index (χ3n) is 6.54. The number of likely N-dealkylation sites (N-methyl/N-ethyl adjacent to an activating group) is 1. The molecule has 8 heteroatoms. The smallest absolute Gasteiger partial charge is 0.300 e. The Morgan fingerprint density at radius 2 is 1.69 bits per heavy atom. The summed E-state index contributed by atoms with van der Waals surface area (Å²) >= 11 is 6.11. The summed E-state index contributed by atoms with van der Waals surface area (Å²) in [5, 5.41) is 11.6. The number of ketones is 1. The first-order chi connectivity index (χ1) is 16.9. The van der Waals surface area contributed by atoms with E-state index in [2.05, 4.69) is 21.8 Å². The quantitative estimate of drug-likeness (QED) is 0.338. The van der Waals surface area contributed by atoms with E-state index in [4.69, 9.17) is 11.6 Å². The molecule has 0 saturated carbocycles. The standard InChI is InChI=1S/C27H25ClN4O3/c1-30-12-14-31(15-13-30)21-7-9-22(10-8-21)32-24(19-5-3-11-29-17-19)23(26(34)27(32)35)25(33)18-4-2-6-20(28)16-18/h2-11,16-17,24,33H,12-15H2,1H3/b25-23+. The maximum Gasteiger partial charge on any atom is 0.300 e. The fraction of sp³-hybridized carbons (Fsp3) is 0.222. The number of aliphatic hydroxyl groups excluding tert-OH is 1. The molecule has 1 atom stereocenters. The number of anilines is 2. The first-order valence-electron chi connectivity index (χ1n) is 11.4. The Morgan fingerprint density at radius 3 is 2.34 bits per heavy atom. The van der Waals surface area contributed by atoms with E-state index in [1.165, 1.54) is 4.90 Å². The summed E-state index contributed by atoms with van der Waals surface area (Å²) in [6.45, 7) is 3.83. The first-order valence-corrected chi connectivity index (χ1v) is 11.8. The van der Waals surface area contributed by atoms with Crippen molar-refractivity contribution < 1.29 is 14.7 Å². The number of benzene rings is 2. The number of Topliss-reactive ketones (excluding diaryl/α,β-unsaturated/α-hetero) is 1. The Balaban J connectivity index is 1.57. The number of piperazine rings is 1. The van der Waals surface area contributed by atoms with E-state index >= 15 is 0 Å². The summed E-state index contributed by atoms with van der Waals surface area (Å²) in [5.74, 6) is -1.72. The maximum atomic E-state index is 13.3. The molecule has 1 N–H and O–H groups in total. The number of amides is 1. The molecule has 3 heterocycles. The van der Waals surface area contributed by atoms with Gasteiger partial charge in [-0.25, -0.2) is 0 Å². The lowest BCUT2D eigenvalue weighted by atomic mass is 9.96. The first kappa shape index (κ1) is 23.1. The molecule has 0 aliphatic carbocycles. The van der Waals surface area contributed by atoms with Crippen LogP contribution >= 0.6 is 11.6 Å². The molecule has 5 rings (SSSR count). The molecule has 35 heavy (non-hydrogen) atoms. The predicted molar refractivity (Wildman–Crippen MR) is 137 cm³/mol. The van der Waals surface area contributed by atoms with E-state index < -0.39 is 17.7 Å². The van der Waals surface area contributed by atoms with Gasteiger partial charge in [0.2, 0.25) is 0 Å². The number of hydrogen-bond acceptors (Lipinski definition) is 6. The fourth-order valence-electron chi connectivity index (χ4n) is 4.63. The maximum absolute atomic E-state index is 13.3. The predicted octanol–water partition coefficient (Wildman–Crippen LogP) is 4.11. The zero-order chi connectivity index (χ0) is 24.5. The number of nitrogens with zero attached hydrogens (tertiary/aromatic N) is 4. The van der Waals surface area contributed by atoms with Crippen LogP contribution in [0.5, 0.6) is 0 Å². The minimum atomic E-state index is -0.822. The van der Waals surface area contributed by atoms with Gasteiger partial charge in [-0.15, -0.1) is 0 Å². The minimum absolute atomic E-state index is 0.00779. The van der Waals surface area contributed by atoms with E-state index in [1.807, 2.05) is 24.3 Å². The molecule has 2 aliphatic heterocycles. The molecule has 2 fully saturated rings. The molecule has 1 unspecified atom stereocenters. The number of aliphatic hydroxyl groups is 1. The SMILES string of the molecule is CN1CCN(c2ccc(N3C(=O)C(=O)/C(=C(/O)c4cccc(Cl)c4)C3c3cccnc3)cc2)CC1. The van der Waals surface area contributed by atoms with Gasteiger partial charge in [-0.05, 0) is 55.1 Å². The molecule has 1 aromatic heterocycles. The zero-order valence-electron chi connectivity index (χ0n) is 19.3. The number of rotatable bonds is 4. The minimum Gasteiger partial charge on any atom is -0.507 e. The van der Waals surface area contributed by atoms with Gasteiger partial charge < -0.3 is 14.9 Å². The largest absolute Gasteiger partial charge is 0.507 e. The van der Waals surface area contributed by atoms with E-state index in [1.54, 1.807) is 48.8 Å². The second kappa shape index (κ2) is 9.52. The number of carbonyl (C=O) groups excluding carboxylic acids is 2. The molecule has 7 nitrogen and oxygen atoms in total. The van der Waals surface area contributed by atoms with Crippen LogP contribution in [-0.2, 0) is 9.59 Å². The van der Waals surface area contributed by atoms with Crippen LogP contribution in [0, 0.1) is 0 Å². The number of carbonyl (C=O) groups is 2. The van der Waals surface area contributed by atoms with E-state index in [0.29, 0.717) is 21.8 Å². The Labute approximate surface area is 208 Å². The fourth-order valence-corrected chi connectivity index (χ4v) is 4.82. The lowest BCUT2D eigenvalue weighted by Gasteiger charge is -2.34. The Kier molecular flexibility index (Phi) is 6.28. The molecule has 1 amide bonds. The summed E-state index contributed by atoms with van der Waals surface area (Å²) in [6, 6.07) is 16.9. The van der Waals surface area contributed by atoms with Gasteiger partial charge >= 0.3 is 0 Å². The average Bonchev–Trinajstić information content (AvgIpc) is 3.15. The third kappa shape index (κ3) is 4.40. The van der Waals surface area contributed by atoms with E-state index in [0.717, 1.165) is 31.9 Å². The summed E-state index contributed by atoms with van der Waals surface area (Å²) in [6.07, 6.45) is 3.23. The summed E-state index contributed by atoms with van der Waals surface area (Å²) < 4.78 is 0. The van der Waals surface area contributed by atoms with Crippen molar-refractivity contribution in [1.29, 1.82) is 0 Å². The van der Waals surface area contributed by atoms with Crippen LogP contribution in [0.25, 0.3) is 5.76 Å². The van der Waals surface area contributed by atoms with Crippen LogP contribution in [0.1, 0.15) is 17.2 Å². The van der Waals surface area contributed by atoms with Crippen molar-refractivity contribution in [3.63, 3.8) is 0 Å². The van der Waals surface area contributed by atoms with Crippen molar-refractivity contribution in [3.05, 3.63) is 94.8 Å². The number of hydrogen-bond donors (Lipinski definition) is 1. The van der Waals surface area contributed by atoms with E-state index in [-0.39, 0.29) is 11.3 Å². The van der Waals surface area contributed by atoms with Crippen LogP contribution in [0.2, 0.25) is 5.02 Å². The number of pyridine rings is 1. The van der Waals surface area contributed by atoms with Crippen molar-refractivity contribution in [1.82, 2.24) is 9.88 Å². The van der Waals surface area contributed by atoms with Gasteiger partial charge in [-0.2, -0.15) is 0 Å². The van der Waals surface area contributed by atoms with Crippen LogP contribution in [0.15, 0.2) is 78.6 Å². The summed E-state index contributed by atoms with van der Waals surface area (Å²) in [5.41, 5.74) is 2.64. The second-order valence-corrected chi connectivity index (χ2v) is 9.21. The number of aromatic nitrogens is 1. The van der Waals surface area contributed by atoms with Crippen LogP contribution in [-0.4, -0.2) is 59.9 Å².